The fourth-order valence-electron chi connectivity index (χ4n) is 0. The van der Waals surface area contributed by atoms with Crippen LogP contribution in [0.1, 0.15) is 0 Å². The van der Waals surface area contributed by atoms with E-state index in [2.05, 4.69) is 0 Å². The van der Waals surface area contributed by atoms with Crippen LogP contribution in [0.4, 0.5) is 0 Å². The first-order chi connectivity index (χ1) is 2.41. The van der Waals surface area contributed by atoms with Crippen LogP contribution in [0.5, 0.6) is 0 Å². The molecule has 0 nitrogen and oxygen atoms in total. The van der Waals surface area contributed by atoms with E-state index in [-0.39, 0.29) is 5.34 Å². The Bertz CT molecular complexity index is 6.85. The fourth-order valence-corrected chi connectivity index (χ4v) is 0. The van der Waals surface area contributed by atoms with Crippen molar-refractivity contribution in [2.75, 3.05) is 5.34 Å². The van der Waals surface area contributed by atoms with Crippen molar-refractivity contribution in [3.8, 4) is 0 Å². The van der Waals surface area contributed by atoms with Gasteiger partial charge in [-0.05, 0) is 0 Å². The summed E-state index contributed by atoms with van der Waals surface area (Å²) in [6.07, 6.45) is 0. The van der Waals surface area contributed by atoms with Gasteiger partial charge in [0.05, 0.1) is 5.34 Å². The van der Waals surface area contributed by atoms with Gasteiger partial charge in [0.25, 0.3) is 0 Å². The van der Waals surface area contributed by atoms with Crippen molar-refractivity contribution >= 4 is 74.1 Å². The predicted molar refractivity (Wildman–Crippen MR) is 28.2 cm³/mol. The van der Waals surface area contributed by atoms with Crippen molar-refractivity contribution in [3.05, 3.63) is 0 Å². The summed E-state index contributed by atoms with van der Waals surface area (Å²) in [7, 11) is 0. The van der Waals surface area contributed by atoms with Crippen LogP contribution in [0, 0.1) is 0 Å². The predicted octanol–water partition coefficient (Wildman–Crippen LogP) is 1.73. The van der Waals surface area contributed by atoms with E-state index in [1.807, 2.05) is 0 Å². The Labute approximate surface area is 77.5 Å². The average Bonchev–Trinajstić information content (AvgIpc) is 1.46. The molecule has 0 aliphatic rings. The van der Waals surface area contributed by atoms with E-state index in [9.17, 15) is 0 Å². The van der Waals surface area contributed by atoms with Crippen LogP contribution < -0.4 is 0 Å². The molecule has 0 aromatic rings. The molecule has 0 aliphatic heterocycles. The third kappa shape index (κ3) is 21.0. The number of rotatable bonds is 0. The molecule has 0 amide bonds. The summed E-state index contributed by atoms with van der Waals surface area (Å²) in [6.45, 7) is 0. The molecule has 0 atom stereocenters. The molecule has 0 aliphatic carbocycles. The Kier molecular flexibility index (Phi) is 33.6. The number of alkyl halides is 2. The van der Waals surface area contributed by atoms with Crippen LogP contribution in [-0.4, -0.2) is 52.5 Å². The van der Waals surface area contributed by atoms with Crippen molar-refractivity contribution < 1.29 is 0 Å². The monoisotopic (exact) mass is 158 g/mol. The van der Waals surface area contributed by atoms with Gasteiger partial charge < -0.3 is 0 Å². The van der Waals surface area contributed by atoms with Crippen LogP contribution in [0.3, 0.4) is 0 Å². The van der Waals surface area contributed by atoms with Gasteiger partial charge in [0.1, 0.15) is 0 Å². The zero-order chi connectivity index (χ0) is 4.71. The van der Waals surface area contributed by atoms with Crippen LogP contribution in [0.2, 0.25) is 0 Å². The molecule has 4 heteroatoms. The first kappa shape index (κ1) is 10.5. The van der Waals surface area contributed by atoms with Crippen LogP contribution in [0.15, 0.2) is 0 Å². The molecular weight excluding hydrogens is 157 g/mol. The van der Waals surface area contributed by atoms with Gasteiger partial charge in [0.2, 0.25) is 0 Å². The summed E-state index contributed by atoms with van der Waals surface area (Å²) in [4.78, 5) is 0. The van der Waals surface area contributed by atoms with Crippen molar-refractivity contribution in [2.45, 2.75) is 0 Å². The molecule has 0 fully saturated rings. The van der Waals surface area contributed by atoms with Crippen LogP contribution >= 0.6 is 27.0 Å². The molecule has 0 aromatic carbocycles. The average molecular weight is 159 g/mol. The zero-order valence-electron chi connectivity index (χ0n) is 2.84. The van der Waals surface area contributed by atoms with Crippen molar-refractivity contribution in [1.82, 2.24) is 0 Å². The van der Waals surface area contributed by atoms with Crippen molar-refractivity contribution in [2.24, 2.45) is 0 Å². The molecule has 0 heterocycles. The van der Waals surface area contributed by atoms with E-state index in [0.717, 1.165) is 0 Å². The normalized spacial score (nSPS) is 5.00. The first-order valence-electron chi connectivity index (χ1n) is 0.912. The Hall–Kier alpha value is 2.51. The van der Waals surface area contributed by atoms with Crippen LogP contribution in [0.25, 0.3) is 0 Å². The van der Waals surface area contributed by atoms with Gasteiger partial charge in [-0.3, -0.25) is 0 Å². The minimum atomic E-state index is 0.194. The van der Waals surface area contributed by atoms with Gasteiger partial charge in [0.15, 0.2) is 0 Å². The number of hydrogen-bond acceptors (Lipinski definition) is 0. The maximum absolute atomic E-state index is 4.83. The molecule has 0 radical (unpaired) electrons. The number of halogens is 3. The van der Waals surface area contributed by atoms with Gasteiger partial charge in [-0.25, -0.2) is 0 Å². The van der Waals surface area contributed by atoms with Gasteiger partial charge >= 0.3 is 50.9 Å². The molecule has 5 heavy (non-hydrogen) atoms. The standard InChI is InChI=1S/CH2Cl2.ClH.K/c2-1-3;;/h1H2;1H;/q;;+1/p-1. The second-order valence-corrected chi connectivity index (χ2v) is 0.909. The quantitative estimate of drug-likeness (QED) is 0.373. The molecule has 0 saturated carbocycles. The van der Waals surface area contributed by atoms with E-state index in [1.165, 1.54) is 0 Å². The SMILES string of the molecule is ClCCl.[Cl][K]. The van der Waals surface area contributed by atoms with Crippen molar-refractivity contribution in [3.63, 3.8) is 0 Å². The Morgan fingerprint density at radius 3 is 1.20 bits per heavy atom. The summed E-state index contributed by atoms with van der Waals surface area (Å²) < 4.78 is 4.83. The Morgan fingerprint density at radius 1 is 1.20 bits per heavy atom. The van der Waals surface area contributed by atoms with E-state index >= 15 is 0 Å². The molecule has 0 N–H and O–H groups in total. The molecule has 0 rings (SSSR count). The Morgan fingerprint density at radius 2 is 1.20 bits per heavy atom. The van der Waals surface area contributed by atoms with Gasteiger partial charge in [0, 0.05) is 0 Å². The summed E-state index contributed by atoms with van der Waals surface area (Å²) in [5.41, 5.74) is 0. The topological polar surface area (TPSA) is 0 Å². The molecule has 0 saturated heterocycles. The summed E-state index contributed by atoms with van der Waals surface area (Å²) in [5, 5.41) is 0.194. The third-order valence-electron chi connectivity index (χ3n) is 0. The fraction of sp³-hybridized carbons (Fsp3) is 1.00. The van der Waals surface area contributed by atoms with Crippen LogP contribution in [-0.2, 0) is 0 Å². The van der Waals surface area contributed by atoms with E-state index in [0.29, 0.717) is 47.1 Å². The van der Waals surface area contributed by atoms with Gasteiger partial charge in [-0.15, -0.1) is 23.2 Å². The second kappa shape index (κ2) is 16.0. The summed E-state index contributed by atoms with van der Waals surface area (Å²) in [6, 6.07) is 0. The molecule has 0 aromatic heterocycles. The van der Waals surface area contributed by atoms with Crippen molar-refractivity contribution in [1.29, 1.82) is 0 Å². The Balaban J connectivity index is 0. The molecular formula is CH2Cl3K. The molecule has 28 valence electrons. The minimum absolute atomic E-state index is 0.194. The van der Waals surface area contributed by atoms with E-state index < -0.39 is 0 Å². The molecule has 0 unspecified atom stereocenters. The maximum atomic E-state index is 4.83. The van der Waals surface area contributed by atoms with Gasteiger partial charge in [-0.1, -0.05) is 0 Å². The number of hydrogen-bond donors (Lipinski definition) is 0. The second-order valence-electron chi connectivity index (χ2n) is 0.101. The molecule has 0 spiro atoms. The molecule has 0 bridgehead atoms. The first-order valence-corrected chi connectivity index (χ1v) is 6.28. The summed E-state index contributed by atoms with van der Waals surface area (Å²) in [5.74, 6) is 0. The van der Waals surface area contributed by atoms with Gasteiger partial charge in [-0.2, -0.15) is 0 Å². The zero-order valence-corrected chi connectivity index (χ0v) is 8.23. The summed E-state index contributed by atoms with van der Waals surface area (Å²) >= 11 is 10.1. The van der Waals surface area contributed by atoms with E-state index in [1.54, 1.807) is 0 Å². The van der Waals surface area contributed by atoms with E-state index in [4.69, 9.17) is 27.0 Å². The third-order valence-corrected chi connectivity index (χ3v) is 0.